The number of nitrogens with one attached hydrogen (secondary N) is 1. The Morgan fingerprint density at radius 1 is 0.946 bits per heavy atom. The molecule has 6 rings (SSSR count). The molecule has 5 aromatic rings. The summed E-state index contributed by atoms with van der Waals surface area (Å²) in [5, 5.41) is 3.72. The third kappa shape index (κ3) is 4.17. The third-order valence-corrected chi connectivity index (χ3v) is 7.22. The molecule has 1 aliphatic heterocycles. The molecule has 37 heavy (non-hydrogen) atoms. The Kier molecular flexibility index (Phi) is 5.97. The molecule has 0 saturated carbocycles. The topological polar surface area (TPSA) is 47.7 Å². The zero-order valence-electron chi connectivity index (χ0n) is 20.3. The fourth-order valence-electron chi connectivity index (χ4n) is 5.25. The monoisotopic (exact) mass is 513 g/mol. The Bertz CT molecular complexity index is 1600. The molecule has 3 heterocycles. The number of ether oxygens (including phenoxy) is 1. The molecule has 1 aliphatic rings. The summed E-state index contributed by atoms with van der Waals surface area (Å²) < 4.78 is 23.2. The predicted molar refractivity (Wildman–Crippen MR) is 145 cm³/mol. The molecule has 1 amide bonds. The van der Waals surface area contributed by atoms with Gasteiger partial charge in [0.2, 0.25) is 0 Å². The first-order valence-electron chi connectivity index (χ1n) is 12.3. The number of aryl methyl sites for hydroxylation is 2. The van der Waals surface area contributed by atoms with E-state index in [-0.39, 0.29) is 11.7 Å². The van der Waals surface area contributed by atoms with Crippen LogP contribution in [0.5, 0.6) is 5.75 Å². The number of imidazole rings is 1. The summed E-state index contributed by atoms with van der Waals surface area (Å²) in [7, 11) is 1.61. The SMILES string of the molecule is COc1ccc(NC(=O)c2c(-c3ccc(Cl)cc3)c3c4n(c(-c5ccc(F)cc5)cn24)CCCC3)cc1. The summed E-state index contributed by atoms with van der Waals surface area (Å²) in [6.07, 6.45) is 4.87. The van der Waals surface area contributed by atoms with Crippen LogP contribution >= 0.6 is 11.6 Å². The van der Waals surface area contributed by atoms with Gasteiger partial charge >= 0.3 is 0 Å². The molecular weight excluding hydrogens is 489 g/mol. The van der Waals surface area contributed by atoms with E-state index >= 15 is 0 Å². The second-order valence-corrected chi connectivity index (χ2v) is 9.65. The summed E-state index contributed by atoms with van der Waals surface area (Å²) in [4.78, 5) is 13.9. The standard InChI is InChI=1S/C30H25ClFN3O2/c1-37-24-15-13-23(14-16-24)33-29(36)28-27(20-5-9-21(31)10-6-20)25-4-2-3-17-34-26(18-35(28)30(25)34)19-7-11-22(32)12-8-19/h5-16,18H,2-4,17H2,1H3,(H,33,36). The Morgan fingerprint density at radius 3 is 2.35 bits per heavy atom. The number of methoxy groups -OCH3 is 1. The van der Waals surface area contributed by atoms with Gasteiger partial charge < -0.3 is 14.6 Å². The normalized spacial score (nSPS) is 12.9. The van der Waals surface area contributed by atoms with Crippen LogP contribution in [0.3, 0.4) is 0 Å². The zero-order valence-corrected chi connectivity index (χ0v) is 21.1. The van der Waals surface area contributed by atoms with E-state index in [1.807, 2.05) is 59.1 Å². The van der Waals surface area contributed by atoms with Crippen molar-refractivity contribution in [2.75, 3.05) is 12.4 Å². The molecule has 0 bridgehead atoms. The Labute approximate surface area is 219 Å². The summed E-state index contributed by atoms with van der Waals surface area (Å²) in [5.41, 5.74) is 7.10. The Balaban J connectivity index is 1.57. The number of rotatable bonds is 5. The summed E-state index contributed by atoms with van der Waals surface area (Å²) >= 11 is 6.20. The lowest BCUT2D eigenvalue weighted by Crippen LogP contribution is -2.15. The highest BCUT2D eigenvalue weighted by atomic mass is 35.5. The van der Waals surface area contributed by atoms with E-state index in [9.17, 15) is 9.18 Å². The third-order valence-electron chi connectivity index (χ3n) is 6.97. The minimum Gasteiger partial charge on any atom is -0.497 e. The molecule has 0 fully saturated rings. The molecule has 7 heteroatoms. The lowest BCUT2D eigenvalue weighted by atomic mass is 9.97. The number of nitrogens with zero attached hydrogens (tertiary/aromatic N) is 2. The van der Waals surface area contributed by atoms with Gasteiger partial charge in [-0.15, -0.1) is 0 Å². The van der Waals surface area contributed by atoms with E-state index in [0.29, 0.717) is 16.4 Å². The van der Waals surface area contributed by atoms with Gasteiger partial charge in [-0.1, -0.05) is 23.7 Å². The largest absolute Gasteiger partial charge is 0.497 e. The maximum absolute atomic E-state index is 13.9. The first-order chi connectivity index (χ1) is 18.0. The van der Waals surface area contributed by atoms with Crippen LogP contribution < -0.4 is 10.1 Å². The van der Waals surface area contributed by atoms with Crippen molar-refractivity contribution in [2.45, 2.75) is 25.8 Å². The van der Waals surface area contributed by atoms with Crippen LogP contribution in [0.15, 0.2) is 79.0 Å². The van der Waals surface area contributed by atoms with Crippen LogP contribution in [0.2, 0.25) is 5.02 Å². The Hall–Kier alpha value is -4.03. The van der Waals surface area contributed by atoms with Gasteiger partial charge in [-0.05, 0) is 91.1 Å². The van der Waals surface area contributed by atoms with E-state index in [4.69, 9.17) is 16.3 Å². The van der Waals surface area contributed by atoms with Crippen LogP contribution in [-0.2, 0) is 13.0 Å². The van der Waals surface area contributed by atoms with Gasteiger partial charge in [-0.3, -0.25) is 9.20 Å². The molecule has 186 valence electrons. The first-order valence-corrected chi connectivity index (χ1v) is 12.6. The number of benzene rings is 3. The molecule has 0 unspecified atom stereocenters. The van der Waals surface area contributed by atoms with E-state index < -0.39 is 0 Å². The molecule has 2 aromatic heterocycles. The van der Waals surface area contributed by atoms with Crippen molar-refractivity contribution in [1.82, 2.24) is 8.97 Å². The van der Waals surface area contributed by atoms with E-state index in [1.165, 1.54) is 12.1 Å². The van der Waals surface area contributed by atoms with Gasteiger partial charge in [0.25, 0.3) is 5.91 Å². The van der Waals surface area contributed by atoms with Crippen molar-refractivity contribution in [2.24, 2.45) is 0 Å². The lowest BCUT2D eigenvalue weighted by molar-refractivity contribution is 0.102. The van der Waals surface area contributed by atoms with Crippen LogP contribution in [0.25, 0.3) is 28.0 Å². The highest BCUT2D eigenvalue weighted by molar-refractivity contribution is 6.30. The number of anilines is 1. The fraction of sp³-hybridized carbons (Fsp3) is 0.167. The van der Waals surface area contributed by atoms with Crippen molar-refractivity contribution in [1.29, 1.82) is 0 Å². The maximum atomic E-state index is 13.9. The number of amides is 1. The second kappa shape index (κ2) is 9.45. The molecule has 0 aliphatic carbocycles. The summed E-state index contributed by atoms with van der Waals surface area (Å²) in [5.74, 6) is 0.234. The van der Waals surface area contributed by atoms with Crippen LogP contribution in [0, 0.1) is 5.82 Å². The molecule has 0 saturated heterocycles. The number of halogens is 2. The van der Waals surface area contributed by atoms with Crippen molar-refractivity contribution < 1.29 is 13.9 Å². The number of carbonyl (C=O) groups is 1. The molecule has 1 N–H and O–H groups in total. The first kappa shape index (κ1) is 23.4. The zero-order chi connectivity index (χ0) is 25.5. The van der Waals surface area contributed by atoms with Gasteiger partial charge in [0.15, 0.2) is 0 Å². The highest BCUT2D eigenvalue weighted by Gasteiger charge is 2.29. The molecule has 0 spiro atoms. The number of hydrogen-bond acceptors (Lipinski definition) is 2. The van der Waals surface area contributed by atoms with E-state index in [0.717, 1.165) is 65.2 Å². The predicted octanol–water partition coefficient (Wildman–Crippen LogP) is 7.46. The molecule has 0 atom stereocenters. The second-order valence-electron chi connectivity index (χ2n) is 9.22. The maximum Gasteiger partial charge on any atom is 0.273 e. The van der Waals surface area contributed by atoms with Gasteiger partial charge in [-0.2, -0.15) is 0 Å². The van der Waals surface area contributed by atoms with E-state index in [1.54, 1.807) is 19.2 Å². The average molecular weight is 514 g/mol. The van der Waals surface area contributed by atoms with Crippen molar-refractivity contribution >= 4 is 28.8 Å². The van der Waals surface area contributed by atoms with Gasteiger partial charge in [-0.25, -0.2) is 4.39 Å². The number of carbonyl (C=O) groups excluding carboxylic acids is 1. The van der Waals surface area contributed by atoms with Crippen LogP contribution in [-0.4, -0.2) is 22.0 Å². The van der Waals surface area contributed by atoms with E-state index in [2.05, 4.69) is 9.88 Å². The van der Waals surface area contributed by atoms with Gasteiger partial charge in [0.05, 0.1) is 12.8 Å². The summed E-state index contributed by atoms with van der Waals surface area (Å²) in [6.45, 7) is 0.819. The van der Waals surface area contributed by atoms with Crippen molar-refractivity contribution in [3.05, 3.63) is 101 Å². The van der Waals surface area contributed by atoms with Crippen LogP contribution in [0.1, 0.15) is 28.9 Å². The molecule has 3 aromatic carbocycles. The quantitative estimate of drug-likeness (QED) is 0.265. The van der Waals surface area contributed by atoms with Gasteiger partial charge in [0, 0.05) is 34.6 Å². The minimum absolute atomic E-state index is 0.209. The lowest BCUT2D eigenvalue weighted by Gasteiger charge is -2.11. The van der Waals surface area contributed by atoms with Crippen molar-refractivity contribution in [3.63, 3.8) is 0 Å². The van der Waals surface area contributed by atoms with Gasteiger partial charge in [0.1, 0.15) is 22.9 Å². The smallest absolute Gasteiger partial charge is 0.273 e. The average Bonchev–Trinajstić information content (AvgIpc) is 3.33. The van der Waals surface area contributed by atoms with Crippen LogP contribution in [0.4, 0.5) is 10.1 Å². The molecule has 0 radical (unpaired) electrons. The summed E-state index contributed by atoms with van der Waals surface area (Å²) in [6, 6.07) is 21.4. The molecule has 5 nitrogen and oxygen atoms in total. The number of hydrogen-bond donors (Lipinski definition) is 1. The minimum atomic E-state index is -0.275. The fourth-order valence-corrected chi connectivity index (χ4v) is 5.38. The number of aromatic nitrogens is 2. The molecular formula is C30H25ClFN3O2. The van der Waals surface area contributed by atoms with Crippen molar-refractivity contribution in [3.8, 4) is 28.1 Å². The Morgan fingerprint density at radius 2 is 1.65 bits per heavy atom. The highest BCUT2D eigenvalue weighted by Crippen LogP contribution is 2.40.